The van der Waals surface area contributed by atoms with Gasteiger partial charge in [0.2, 0.25) is 0 Å². The van der Waals surface area contributed by atoms with Crippen LogP contribution in [-0.4, -0.2) is 33.5 Å². The summed E-state index contributed by atoms with van der Waals surface area (Å²) in [6.45, 7) is 5.99. The predicted molar refractivity (Wildman–Crippen MR) is 76.3 cm³/mol. The molecule has 0 bridgehead atoms. The van der Waals surface area contributed by atoms with Gasteiger partial charge < -0.3 is 5.11 Å². The van der Waals surface area contributed by atoms with Gasteiger partial charge in [0.1, 0.15) is 6.04 Å². The largest absolute Gasteiger partial charge is 0.480 e. The second kappa shape index (κ2) is 6.48. The molecule has 2 heterocycles. The number of rotatable bonds is 5. The number of likely N-dealkylation sites (tertiary alicyclic amines) is 1. The summed E-state index contributed by atoms with van der Waals surface area (Å²) in [6, 6.07) is -0.315. The molecule has 106 valence electrons. The Balaban J connectivity index is 1.98. The topological polar surface area (TPSA) is 53.4 Å². The van der Waals surface area contributed by atoms with Crippen molar-refractivity contribution in [2.45, 2.75) is 52.1 Å². The van der Waals surface area contributed by atoms with E-state index in [0.717, 1.165) is 43.8 Å². The highest BCUT2D eigenvalue weighted by molar-refractivity contribution is 7.11. The van der Waals surface area contributed by atoms with Crippen LogP contribution in [0.4, 0.5) is 0 Å². The monoisotopic (exact) mass is 282 g/mol. The van der Waals surface area contributed by atoms with E-state index >= 15 is 0 Å². The first-order valence-electron chi connectivity index (χ1n) is 6.96. The zero-order valence-electron chi connectivity index (χ0n) is 11.6. The van der Waals surface area contributed by atoms with Gasteiger partial charge in [0.05, 0.1) is 5.01 Å². The summed E-state index contributed by atoms with van der Waals surface area (Å²) in [5.74, 6) is -0.0765. The summed E-state index contributed by atoms with van der Waals surface area (Å²) in [7, 11) is 0. The summed E-state index contributed by atoms with van der Waals surface area (Å²) >= 11 is 1.72. The third-order valence-corrected chi connectivity index (χ3v) is 4.45. The fraction of sp³-hybridized carbons (Fsp3) is 0.714. The van der Waals surface area contributed by atoms with Crippen LogP contribution in [0, 0.1) is 5.92 Å². The molecular weight excluding hydrogens is 260 g/mol. The van der Waals surface area contributed by atoms with Crippen molar-refractivity contribution in [2.75, 3.05) is 6.54 Å². The van der Waals surface area contributed by atoms with Gasteiger partial charge in [-0.3, -0.25) is 9.69 Å². The van der Waals surface area contributed by atoms with Gasteiger partial charge >= 0.3 is 5.97 Å². The number of aliphatic carboxylic acids is 1. The van der Waals surface area contributed by atoms with Gasteiger partial charge in [-0.2, -0.15) is 0 Å². The minimum atomic E-state index is -0.688. The Kier molecular flexibility index (Phi) is 4.93. The molecule has 4 nitrogen and oxygen atoms in total. The number of carboxylic acids is 1. The highest BCUT2D eigenvalue weighted by Gasteiger charge is 2.28. The third kappa shape index (κ3) is 4.01. The summed E-state index contributed by atoms with van der Waals surface area (Å²) < 4.78 is 0. The second-order valence-electron chi connectivity index (χ2n) is 5.64. The van der Waals surface area contributed by atoms with E-state index in [1.54, 1.807) is 11.3 Å². The molecule has 1 aliphatic heterocycles. The molecule has 1 aromatic heterocycles. The smallest absolute Gasteiger partial charge is 0.320 e. The highest BCUT2D eigenvalue weighted by atomic mass is 32.1. The quantitative estimate of drug-likeness (QED) is 0.902. The molecule has 0 spiro atoms. The number of nitrogens with zero attached hydrogens (tertiary/aromatic N) is 2. The van der Waals surface area contributed by atoms with E-state index in [9.17, 15) is 9.90 Å². The summed E-state index contributed by atoms with van der Waals surface area (Å²) in [6.07, 6.45) is 5.81. The Morgan fingerprint density at radius 1 is 1.58 bits per heavy atom. The lowest BCUT2D eigenvalue weighted by Gasteiger charge is -2.32. The Morgan fingerprint density at radius 3 is 3.05 bits per heavy atom. The van der Waals surface area contributed by atoms with Crippen LogP contribution in [0.1, 0.15) is 43.0 Å². The molecule has 2 rings (SSSR count). The van der Waals surface area contributed by atoms with Crippen LogP contribution in [0.2, 0.25) is 0 Å². The normalized spacial score (nSPS) is 20.9. The van der Waals surface area contributed by atoms with Gasteiger partial charge in [-0.05, 0) is 25.3 Å². The van der Waals surface area contributed by atoms with Crippen molar-refractivity contribution in [1.82, 2.24) is 9.88 Å². The maximum absolute atomic E-state index is 11.3. The predicted octanol–water partition coefficient (Wildman–Crippen LogP) is 2.78. The van der Waals surface area contributed by atoms with E-state index in [1.165, 1.54) is 4.88 Å². The molecule has 1 saturated heterocycles. The van der Waals surface area contributed by atoms with Crippen LogP contribution in [-0.2, 0) is 17.8 Å². The lowest BCUT2D eigenvalue weighted by Crippen LogP contribution is -2.43. The van der Waals surface area contributed by atoms with Gasteiger partial charge in [-0.15, -0.1) is 11.3 Å². The Labute approximate surface area is 118 Å². The molecule has 1 unspecified atom stereocenters. The SMILES string of the molecule is CC(C)Cc1ncc(CN2CCCCC2C(=O)O)s1. The van der Waals surface area contributed by atoms with Crippen molar-refractivity contribution in [3.8, 4) is 0 Å². The Hall–Kier alpha value is -0.940. The third-order valence-electron chi connectivity index (χ3n) is 3.44. The minimum Gasteiger partial charge on any atom is -0.480 e. The van der Waals surface area contributed by atoms with Crippen LogP contribution < -0.4 is 0 Å². The standard InChI is InChI=1S/C14H22N2O2S/c1-10(2)7-13-15-8-11(19-13)9-16-6-4-3-5-12(16)14(17)18/h8,10,12H,3-7,9H2,1-2H3,(H,17,18). The van der Waals surface area contributed by atoms with Gasteiger partial charge in [-0.1, -0.05) is 20.3 Å². The van der Waals surface area contributed by atoms with Gasteiger partial charge in [0, 0.05) is 24.0 Å². The number of piperidine rings is 1. The van der Waals surface area contributed by atoms with Gasteiger partial charge in [-0.25, -0.2) is 4.98 Å². The van der Waals surface area contributed by atoms with Crippen LogP contribution in [0.5, 0.6) is 0 Å². The minimum absolute atomic E-state index is 0.315. The zero-order valence-corrected chi connectivity index (χ0v) is 12.4. The first kappa shape index (κ1) is 14.5. The Bertz CT molecular complexity index is 431. The number of carbonyl (C=O) groups is 1. The van der Waals surface area contributed by atoms with Gasteiger partial charge in [0.25, 0.3) is 0 Å². The summed E-state index contributed by atoms with van der Waals surface area (Å²) in [4.78, 5) is 19.0. The lowest BCUT2D eigenvalue weighted by molar-refractivity contribution is -0.144. The van der Waals surface area contributed by atoms with Gasteiger partial charge in [0.15, 0.2) is 0 Å². The van der Waals surface area contributed by atoms with Crippen molar-refractivity contribution in [3.63, 3.8) is 0 Å². The Morgan fingerprint density at radius 2 is 2.37 bits per heavy atom. The maximum Gasteiger partial charge on any atom is 0.320 e. The van der Waals surface area contributed by atoms with Crippen molar-refractivity contribution in [3.05, 3.63) is 16.1 Å². The second-order valence-corrected chi connectivity index (χ2v) is 6.84. The first-order valence-corrected chi connectivity index (χ1v) is 7.78. The van der Waals surface area contributed by atoms with E-state index < -0.39 is 5.97 Å². The molecule has 1 atom stereocenters. The molecule has 0 amide bonds. The molecule has 0 aliphatic carbocycles. The molecule has 1 fully saturated rings. The molecule has 0 radical (unpaired) electrons. The molecular formula is C14H22N2O2S. The molecule has 0 aromatic carbocycles. The van der Waals surface area contributed by atoms with E-state index in [4.69, 9.17) is 0 Å². The fourth-order valence-electron chi connectivity index (χ4n) is 2.52. The van der Waals surface area contributed by atoms with Crippen molar-refractivity contribution in [1.29, 1.82) is 0 Å². The van der Waals surface area contributed by atoms with Crippen LogP contribution >= 0.6 is 11.3 Å². The van der Waals surface area contributed by atoms with E-state index in [1.807, 2.05) is 6.20 Å². The highest BCUT2D eigenvalue weighted by Crippen LogP contribution is 2.23. The number of hydrogen-bond donors (Lipinski definition) is 1. The van der Waals surface area contributed by atoms with Crippen molar-refractivity contribution in [2.24, 2.45) is 5.92 Å². The van der Waals surface area contributed by atoms with Crippen molar-refractivity contribution >= 4 is 17.3 Å². The lowest BCUT2D eigenvalue weighted by atomic mass is 10.0. The number of hydrogen-bond acceptors (Lipinski definition) is 4. The summed E-state index contributed by atoms with van der Waals surface area (Å²) in [5.41, 5.74) is 0. The molecule has 1 aliphatic rings. The van der Waals surface area contributed by atoms with Crippen LogP contribution in [0.25, 0.3) is 0 Å². The maximum atomic E-state index is 11.3. The first-order chi connectivity index (χ1) is 9.06. The average Bonchev–Trinajstić information content (AvgIpc) is 2.76. The van der Waals surface area contributed by atoms with E-state index in [-0.39, 0.29) is 6.04 Å². The number of carboxylic acid groups (broad SMARTS) is 1. The van der Waals surface area contributed by atoms with E-state index in [0.29, 0.717) is 5.92 Å². The molecule has 19 heavy (non-hydrogen) atoms. The zero-order chi connectivity index (χ0) is 13.8. The average molecular weight is 282 g/mol. The number of thiazole rings is 1. The fourth-order valence-corrected chi connectivity index (χ4v) is 3.69. The molecule has 0 saturated carbocycles. The van der Waals surface area contributed by atoms with E-state index in [2.05, 4.69) is 23.7 Å². The molecule has 1 aromatic rings. The number of aromatic nitrogens is 1. The van der Waals surface area contributed by atoms with Crippen LogP contribution in [0.3, 0.4) is 0 Å². The molecule has 5 heteroatoms. The van der Waals surface area contributed by atoms with Crippen LogP contribution in [0.15, 0.2) is 6.20 Å². The van der Waals surface area contributed by atoms with Crippen molar-refractivity contribution < 1.29 is 9.90 Å². The molecule has 1 N–H and O–H groups in total. The summed E-state index contributed by atoms with van der Waals surface area (Å²) in [5, 5.41) is 10.4.